The minimum atomic E-state index is -0.196. The number of halogens is 1. The Hall–Kier alpha value is -1.42. The third kappa shape index (κ3) is 3.42. The number of hydrogen-bond acceptors (Lipinski definition) is 2. The number of carbonyl (C=O) groups excluding carboxylic acids is 1. The lowest BCUT2D eigenvalue weighted by molar-refractivity contribution is -0.138. The van der Waals surface area contributed by atoms with Crippen molar-refractivity contribution in [1.82, 2.24) is 10.2 Å². The molecule has 2 aliphatic rings. The number of rotatable bonds is 4. The van der Waals surface area contributed by atoms with Crippen LogP contribution in [0.2, 0.25) is 0 Å². The van der Waals surface area contributed by atoms with Gasteiger partial charge in [0.15, 0.2) is 0 Å². The molecule has 0 bridgehead atoms. The molecule has 4 heteroatoms. The van der Waals surface area contributed by atoms with Gasteiger partial charge < -0.3 is 10.2 Å². The fourth-order valence-corrected chi connectivity index (χ4v) is 4.19. The van der Waals surface area contributed by atoms with E-state index < -0.39 is 0 Å². The minimum Gasteiger partial charge on any atom is -0.339 e. The average Bonchev–Trinajstić information content (AvgIpc) is 2.73. The summed E-state index contributed by atoms with van der Waals surface area (Å²) in [5, 5.41) is 3.36. The van der Waals surface area contributed by atoms with Crippen LogP contribution in [-0.2, 0) is 11.2 Å². The van der Waals surface area contributed by atoms with Crippen LogP contribution in [0.4, 0.5) is 4.39 Å². The molecular formula is C19H27FN2O. The van der Waals surface area contributed by atoms with Crippen molar-refractivity contribution in [3.05, 3.63) is 35.6 Å². The van der Waals surface area contributed by atoms with Crippen LogP contribution in [0.5, 0.6) is 0 Å². The van der Waals surface area contributed by atoms with Gasteiger partial charge in [0.1, 0.15) is 5.82 Å². The van der Waals surface area contributed by atoms with Gasteiger partial charge in [0.05, 0.1) is 5.41 Å². The molecule has 23 heavy (non-hydrogen) atoms. The van der Waals surface area contributed by atoms with Gasteiger partial charge in [-0.3, -0.25) is 4.79 Å². The third-order valence-electron chi connectivity index (χ3n) is 5.26. The number of benzene rings is 1. The van der Waals surface area contributed by atoms with Gasteiger partial charge >= 0.3 is 0 Å². The monoisotopic (exact) mass is 318 g/mol. The topological polar surface area (TPSA) is 32.3 Å². The Bertz CT molecular complexity index is 566. The van der Waals surface area contributed by atoms with E-state index in [-0.39, 0.29) is 17.3 Å². The molecule has 2 aliphatic heterocycles. The molecule has 2 heterocycles. The predicted molar refractivity (Wildman–Crippen MR) is 89.6 cm³/mol. The molecule has 1 aromatic carbocycles. The number of hydrogen-bond donors (Lipinski definition) is 1. The molecule has 1 aromatic rings. The first-order valence-electron chi connectivity index (χ1n) is 8.76. The number of amides is 1. The second kappa shape index (κ2) is 6.60. The van der Waals surface area contributed by atoms with E-state index in [1.807, 2.05) is 6.07 Å². The number of nitrogens with zero attached hydrogens (tertiary/aromatic N) is 1. The SMILES string of the molecule is CC(C)CN1C(=O)C2(CCNCC2)CC1Cc1cccc(F)c1. The van der Waals surface area contributed by atoms with Crippen LogP contribution in [0.3, 0.4) is 0 Å². The van der Waals surface area contributed by atoms with E-state index in [0.717, 1.165) is 50.9 Å². The van der Waals surface area contributed by atoms with Crippen LogP contribution >= 0.6 is 0 Å². The minimum absolute atomic E-state index is 0.182. The molecule has 1 unspecified atom stereocenters. The van der Waals surface area contributed by atoms with Gasteiger partial charge in [-0.15, -0.1) is 0 Å². The van der Waals surface area contributed by atoms with E-state index in [1.165, 1.54) is 6.07 Å². The first-order valence-corrected chi connectivity index (χ1v) is 8.76. The quantitative estimate of drug-likeness (QED) is 0.925. The van der Waals surface area contributed by atoms with Gasteiger partial charge in [0.2, 0.25) is 5.91 Å². The number of carbonyl (C=O) groups is 1. The zero-order chi connectivity index (χ0) is 16.4. The van der Waals surface area contributed by atoms with Crippen LogP contribution in [-0.4, -0.2) is 36.5 Å². The maximum Gasteiger partial charge on any atom is 0.229 e. The summed E-state index contributed by atoms with van der Waals surface area (Å²) in [6, 6.07) is 7.00. The molecule has 2 fully saturated rings. The molecule has 1 spiro atoms. The molecule has 3 rings (SSSR count). The first-order chi connectivity index (χ1) is 11.0. The van der Waals surface area contributed by atoms with Crippen molar-refractivity contribution in [2.24, 2.45) is 11.3 Å². The lowest BCUT2D eigenvalue weighted by atomic mass is 9.76. The molecule has 0 saturated carbocycles. The molecule has 1 N–H and O–H groups in total. The Kier molecular flexibility index (Phi) is 4.72. The van der Waals surface area contributed by atoms with Crippen LogP contribution in [0.25, 0.3) is 0 Å². The molecule has 0 aromatic heterocycles. The van der Waals surface area contributed by atoms with E-state index >= 15 is 0 Å². The van der Waals surface area contributed by atoms with Crippen molar-refractivity contribution in [1.29, 1.82) is 0 Å². The van der Waals surface area contributed by atoms with Crippen molar-refractivity contribution in [3.63, 3.8) is 0 Å². The molecule has 1 atom stereocenters. The summed E-state index contributed by atoms with van der Waals surface area (Å²) < 4.78 is 13.5. The van der Waals surface area contributed by atoms with Crippen LogP contribution in [0.1, 0.15) is 38.7 Å². The Balaban J connectivity index is 1.82. The summed E-state index contributed by atoms with van der Waals surface area (Å²) >= 11 is 0. The van der Waals surface area contributed by atoms with E-state index in [4.69, 9.17) is 0 Å². The van der Waals surface area contributed by atoms with Gasteiger partial charge in [-0.25, -0.2) is 4.39 Å². The number of likely N-dealkylation sites (tertiary alicyclic amines) is 1. The molecular weight excluding hydrogens is 291 g/mol. The zero-order valence-corrected chi connectivity index (χ0v) is 14.1. The fraction of sp³-hybridized carbons (Fsp3) is 0.632. The lowest BCUT2D eigenvalue weighted by Crippen LogP contribution is -2.44. The fourth-order valence-electron chi connectivity index (χ4n) is 4.19. The lowest BCUT2D eigenvalue weighted by Gasteiger charge is -2.32. The van der Waals surface area contributed by atoms with Gasteiger partial charge in [-0.05, 0) is 62.4 Å². The van der Waals surface area contributed by atoms with E-state index in [1.54, 1.807) is 12.1 Å². The normalized spacial score (nSPS) is 23.9. The third-order valence-corrected chi connectivity index (χ3v) is 5.26. The summed E-state index contributed by atoms with van der Waals surface area (Å²) in [7, 11) is 0. The molecule has 2 saturated heterocycles. The standard InChI is InChI=1S/C19H27FN2O/c1-14(2)13-22-17(11-15-4-3-5-16(20)10-15)12-19(18(22)23)6-8-21-9-7-19/h3-5,10,14,17,21H,6-9,11-13H2,1-2H3. The van der Waals surface area contributed by atoms with Crippen molar-refractivity contribution < 1.29 is 9.18 Å². The second-order valence-corrected chi connectivity index (χ2v) is 7.57. The van der Waals surface area contributed by atoms with E-state index in [9.17, 15) is 9.18 Å². The highest BCUT2D eigenvalue weighted by Crippen LogP contribution is 2.44. The zero-order valence-electron chi connectivity index (χ0n) is 14.1. The first kappa shape index (κ1) is 16.4. The smallest absolute Gasteiger partial charge is 0.229 e. The number of nitrogens with one attached hydrogen (secondary N) is 1. The maximum atomic E-state index is 13.5. The Morgan fingerprint density at radius 3 is 2.74 bits per heavy atom. The molecule has 0 radical (unpaired) electrons. The van der Waals surface area contributed by atoms with Gasteiger partial charge in [-0.2, -0.15) is 0 Å². The summed E-state index contributed by atoms with van der Waals surface area (Å²) in [5.74, 6) is 0.582. The van der Waals surface area contributed by atoms with Crippen LogP contribution < -0.4 is 5.32 Å². The van der Waals surface area contributed by atoms with E-state index in [0.29, 0.717) is 11.8 Å². The Morgan fingerprint density at radius 2 is 2.09 bits per heavy atom. The van der Waals surface area contributed by atoms with Gasteiger partial charge in [0.25, 0.3) is 0 Å². The highest BCUT2D eigenvalue weighted by Gasteiger charge is 2.51. The average molecular weight is 318 g/mol. The molecule has 3 nitrogen and oxygen atoms in total. The predicted octanol–water partition coefficient (Wildman–Crippen LogP) is 2.99. The van der Waals surface area contributed by atoms with Crippen molar-refractivity contribution in [3.8, 4) is 0 Å². The Morgan fingerprint density at radius 1 is 1.35 bits per heavy atom. The van der Waals surface area contributed by atoms with Crippen LogP contribution in [0, 0.1) is 17.2 Å². The molecule has 0 aliphatic carbocycles. The van der Waals surface area contributed by atoms with E-state index in [2.05, 4.69) is 24.1 Å². The van der Waals surface area contributed by atoms with Crippen molar-refractivity contribution in [2.75, 3.05) is 19.6 Å². The largest absolute Gasteiger partial charge is 0.339 e. The summed E-state index contributed by atoms with van der Waals surface area (Å²) in [5.41, 5.74) is 0.806. The number of piperidine rings is 1. The van der Waals surface area contributed by atoms with Crippen LogP contribution in [0.15, 0.2) is 24.3 Å². The highest BCUT2D eigenvalue weighted by molar-refractivity contribution is 5.85. The van der Waals surface area contributed by atoms with Gasteiger partial charge in [0, 0.05) is 12.6 Å². The summed E-state index contributed by atoms with van der Waals surface area (Å²) in [4.78, 5) is 15.2. The second-order valence-electron chi connectivity index (χ2n) is 7.57. The summed E-state index contributed by atoms with van der Waals surface area (Å²) in [6.07, 6.45) is 3.53. The highest BCUT2D eigenvalue weighted by atomic mass is 19.1. The Labute approximate surface area is 138 Å². The van der Waals surface area contributed by atoms with Crippen molar-refractivity contribution >= 4 is 5.91 Å². The molecule has 126 valence electrons. The summed E-state index contributed by atoms with van der Waals surface area (Å²) in [6.45, 7) is 6.95. The van der Waals surface area contributed by atoms with Gasteiger partial charge in [-0.1, -0.05) is 26.0 Å². The maximum absolute atomic E-state index is 13.5. The van der Waals surface area contributed by atoms with Crippen molar-refractivity contribution in [2.45, 2.75) is 45.6 Å². The molecule has 1 amide bonds.